The average molecular weight is 477 g/mol. The Bertz CT molecular complexity index is 821. The van der Waals surface area contributed by atoms with Crippen molar-refractivity contribution >= 4 is 49.6 Å². The van der Waals surface area contributed by atoms with Crippen molar-refractivity contribution in [2.75, 3.05) is 0 Å². The quantitative estimate of drug-likeness (QED) is 0.294. The number of allylic oxidation sites excluding steroid dienone is 4. The second kappa shape index (κ2) is 13.3. The van der Waals surface area contributed by atoms with E-state index in [4.69, 9.17) is 0 Å². The van der Waals surface area contributed by atoms with Crippen molar-refractivity contribution in [3.63, 3.8) is 0 Å². The Hall–Kier alpha value is -0.877. The minimum atomic E-state index is 0. The summed E-state index contributed by atoms with van der Waals surface area (Å²) in [6.07, 6.45) is 17.3. The fraction of sp³-hybridized carbons (Fsp3) is 0.250. The summed E-state index contributed by atoms with van der Waals surface area (Å²) < 4.78 is 1.80. The zero-order valence-corrected chi connectivity index (χ0v) is 19.6. The van der Waals surface area contributed by atoms with Crippen LogP contribution < -0.4 is 0 Å². The SMILES string of the molecule is Cl.Cl.[C-]1=CC=CC1.[Zr+2]=[C]1CCCCC1.c1ccc2c(c1)[cH-]c1ccccc12. The minimum absolute atomic E-state index is 0. The van der Waals surface area contributed by atoms with Crippen LogP contribution in [0.15, 0.2) is 72.8 Å². The summed E-state index contributed by atoms with van der Waals surface area (Å²) in [5, 5.41) is 5.39. The smallest absolute Gasteiger partial charge is 0.0771 e. The van der Waals surface area contributed by atoms with Crippen LogP contribution in [0.1, 0.15) is 38.5 Å². The number of hydrogen-bond acceptors (Lipinski definition) is 0. The predicted octanol–water partition coefficient (Wildman–Crippen LogP) is 7.53. The summed E-state index contributed by atoms with van der Waals surface area (Å²) in [5.74, 6) is 0. The van der Waals surface area contributed by atoms with Crippen LogP contribution in [0.4, 0.5) is 0 Å². The Morgan fingerprint density at radius 2 is 1.33 bits per heavy atom. The molecule has 0 spiro atoms. The van der Waals surface area contributed by atoms with E-state index in [1.807, 2.05) is 12.2 Å². The van der Waals surface area contributed by atoms with Gasteiger partial charge in [-0.05, 0) is 0 Å². The summed E-state index contributed by atoms with van der Waals surface area (Å²) in [5.41, 5.74) is 0. The van der Waals surface area contributed by atoms with Crippen molar-refractivity contribution in [2.45, 2.75) is 38.5 Å². The van der Waals surface area contributed by atoms with E-state index < -0.39 is 0 Å². The van der Waals surface area contributed by atoms with Gasteiger partial charge in [0.05, 0.1) is 0 Å². The maximum absolute atomic E-state index is 2.99. The van der Waals surface area contributed by atoms with Gasteiger partial charge in [-0.1, -0.05) is 36.4 Å². The molecule has 5 rings (SSSR count). The number of halogens is 2. The maximum atomic E-state index is 2.99. The van der Waals surface area contributed by atoms with Gasteiger partial charge >= 0.3 is 59.5 Å². The molecule has 0 amide bonds. The summed E-state index contributed by atoms with van der Waals surface area (Å²) in [6.45, 7) is 0. The molecule has 0 heterocycles. The first-order valence-electron chi connectivity index (χ1n) is 9.16. The number of benzene rings is 2. The van der Waals surface area contributed by atoms with Crippen molar-refractivity contribution in [2.24, 2.45) is 0 Å². The van der Waals surface area contributed by atoms with Gasteiger partial charge in [0, 0.05) is 0 Å². The van der Waals surface area contributed by atoms with Crippen LogP contribution >= 0.6 is 24.8 Å². The molecule has 0 radical (unpaired) electrons. The molecule has 140 valence electrons. The van der Waals surface area contributed by atoms with Crippen LogP contribution in [0.2, 0.25) is 0 Å². The van der Waals surface area contributed by atoms with Crippen LogP contribution in [-0.4, -0.2) is 3.21 Å². The van der Waals surface area contributed by atoms with Crippen LogP contribution in [0.3, 0.4) is 0 Å². The standard InChI is InChI=1S/C13H9.C6H10.C5H5.2ClH.Zr/c1-3-7-12-10(5-1)9-11-6-2-4-8-13(11)12;1-2-4-6-5-3-1;1-2-4-5-3-1;;;/h1-9H;1-5H2;1-3H,4H2;2*1H;/q-1;;-1;;;+2. The molecular formula is C24H26Cl2Zr. The van der Waals surface area contributed by atoms with Crippen LogP contribution in [0.25, 0.3) is 21.5 Å². The van der Waals surface area contributed by atoms with Gasteiger partial charge in [-0.3, -0.25) is 6.08 Å². The molecule has 0 bridgehead atoms. The monoisotopic (exact) mass is 474 g/mol. The fourth-order valence-electron chi connectivity index (χ4n) is 3.22. The van der Waals surface area contributed by atoms with E-state index >= 15 is 0 Å². The van der Waals surface area contributed by atoms with Crippen molar-refractivity contribution in [1.82, 2.24) is 0 Å². The Balaban J connectivity index is 0.000000223. The third-order valence-corrected chi connectivity index (χ3v) is 5.79. The van der Waals surface area contributed by atoms with Crippen molar-refractivity contribution in [3.05, 3.63) is 78.9 Å². The maximum Gasteiger partial charge on any atom is -0.0771 e. The van der Waals surface area contributed by atoms with Gasteiger partial charge < -0.3 is 0 Å². The largest absolute Gasteiger partial charge is 0.126 e. The molecular weight excluding hydrogens is 450 g/mol. The van der Waals surface area contributed by atoms with E-state index in [0.29, 0.717) is 0 Å². The third-order valence-electron chi connectivity index (χ3n) is 4.57. The Kier molecular flexibility index (Phi) is 11.9. The third kappa shape index (κ3) is 7.57. The van der Waals surface area contributed by atoms with Gasteiger partial charge in [-0.2, -0.15) is 6.08 Å². The van der Waals surface area contributed by atoms with Gasteiger partial charge in [0.25, 0.3) is 0 Å². The second-order valence-electron chi connectivity index (χ2n) is 6.49. The molecule has 1 fully saturated rings. The molecule has 27 heavy (non-hydrogen) atoms. The van der Waals surface area contributed by atoms with Gasteiger partial charge in [0.15, 0.2) is 0 Å². The average Bonchev–Trinajstić information content (AvgIpc) is 3.34. The molecule has 0 N–H and O–H groups in total. The molecule has 3 aromatic carbocycles. The van der Waals surface area contributed by atoms with E-state index in [9.17, 15) is 0 Å². The molecule has 0 atom stereocenters. The first kappa shape index (κ1) is 24.2. The number of rotatable bonds is 0. The van der Waals surface area contributed by atoms with Crippen molar-refractivity contribution < 1.29 is 24.2 Å². The minimum Gasteiger partial charge on any atom is -0.126 e. The molecule has 2 aliphatic rings. The molecule has 2 aliphatic carbocycles. The molecule has 3 aromatic rings. The fourth-order valence-corrected chi connectivity index (χ4v) is 4.09. The summed E-state index contributed by atoms with van der Waals surface area (Å²) in [6, 6.07) is 19.3. The molecule has 0 unspecified atom stereocenters. The first-order chi connectivity index (χ1) is 12.3. The summed E-state index contributed by atoms with van der Waals surface area (Å²) in [7, 11) is 0. The van der Waals surface area contributed by atoms with Crippen molar-refractivity contribution in [3.8, 4) is 0 Å². The van der Waals surface area contributed by atoms with Crippen LogP contribution in [0, 0.1) is 6.08 Å². The Morgan fingerprint density at radius 3 is 1.70 bits per heavy atom. The molecule has 3 heteroatoms. The van der Waals surface area contributed by atoms with Gasteiger partial charge in [-0.15, -0.1) is 71.0 Å². The molecule has 0 aliphatic heterocycles. The predicted molar refractivity (Wildman–Crippen MR) is 121 cm³/mol. The van der Waals surface area contributed by atoms with E-state index in [1.165, 1.54) is 53.6 Å². The van der Waals surface area contributed by atoms with E-state index in [2.05, 4.69) is 66.7 Å². The van der Waals surface area contributed by atoms with Gasteiger partial charge in [0.2, 0.25) is 0 Å². The normalized spacial score (nSPS) is 14.5. The summed E-state index contributed by atoms with van der Waals surface area (Å²) >= 11 is 1.69. The van der Waals surface area contributed by atoms with E-state index in [1.54, 1.807) is 27.4 Å². The Morgan fingerprint density at radius 1 is 0.778 bits per heavy atom. The topological polar surface area (TPSA) is 0 Å². The molecule has 1 saturated carbocycles. The molecule has 0 nitrogen and oxygen atoms in total. The van der Waals surface area contributed by atoms with Crippen LogP contribution in [-0.2, 0) is 24.2 Å². The Labute approximate surface area is 190 Å². The number of hydrogen-bond donors (Lipinski definition) is 0. The van der Waals surface area contributed by atoms with Crippen LogP contribution in [0.5, 0.6) is 0 Å². The van der Waals surface area contributed by atoms with Gasteiger partial charge in [-0.25, -0.2) is 12.2 Å². The van der Waals surface area contributed by atoms with Gasteiger partial charge in [0.1, 0.15) is 0 Å². The van der Waals surface area contributed by atoms with Crippen molar-refractivity contribution in [1.29, 1.82) is 0 Å². The molecule has 0 aromatic heterocycles. The zero-order valence-electron chi connectivity index (χ0n) is 15.5. The van der Waals surface area contributed by atoms with E-state index in [0.717, 1.165) is 6.42 Å². The molecule has 0 saturated heterocycles. The van der Waals surface area contributed by atoms with E-state index in [-0.39, 0.29) is 24.8 Å². The number of fused-ring (bicyclic) bond motifs is 3. The first-order valence-corrected chi connectivity index (χ1v) is 10.4. The summed E-state index contributed by atoms with van der Waals surface area (Å²) in [4.78, 5) is 0. The zero-order chi connectivity index (χ0) is 17.3. The second-order valence-corrected chi connectivity index (χ2v) is 8.22.